The van der Waals surface area contributed by atoms with Crippen LogP contribution in [0.4, 0.5) is 0 Å². The van der Waals surface area contributed by atoms with E-state index in [1.807, 2.05) is 0 Å². The number of unbranched alkanes of at least 4 members (excludes halogenated alkanes) is 2. The van der Waals surface area contributed by atoms with Crippen molar-refractivity contribution < 1.29 is 18.4 Å². The molecule has 0 bridgehead atoms. The van der Waals surface area contributed by atoms with Gasteiger partial charge in [-0.3, -0.25) is 4.57 Å². The van der Waals surface area contributed by atoms with Crippen LogP contribution in [0, 0.1) is 0 Å². The minimum atomic E-state index is -2.83. The lowest BCUT2D eigenvalue weighted by atomic mass is 10.2. The zero-order chi connectivity index (χ0) is 11.0. The fraction of sp³-hybridized carbons (Fsp3) is 0.889. The highest BCUT2D eigenvalue weighted by atomic mass is 31.2. The number of hydrogen-bond acceptors (Lipinski definition) is 4. The molecule has 0 atom stereocenters. The molecule has 0 radical (unpaired) electrons. The third-order valence-electron chi connectivity index (χ3n) is 2.02. The molecule has 0 aliphatic rings. The lowest BCUT2D eigenvalue weighted by Crippen LogP contribution is -1.96. The van der Waals surface area contributed by atoms with Gasteiger partial charge in [-0.25, -0.2) is 0 Å². The molecule has 0 saturated heterocycles. The molecule has 5 heteroatoms. The smallest absolute Gasteiger partial charge is 0.312 e. The standard InChI is InChI=1S/C9H19O4P/c1-9(10)7-5-4-6-8-14(11,12-2)13-3/h4-8H2,1-3H3. The van der Waals surface area contributed by atoms with Crippen molar-refractivity contribution in [3.8, 4) is 0 Å². The molecule has 0 N–H and O–H groups in total. The molecule has 0 unspecified atom stereocenters. The summed E-state index contributed by atoms with van der Waals surface area (Å²) in [4.78, 5) is 10.6. The number of hydrogen-bond donors (Lipinski definition) is 0. The van der Waals surface area contributed by atoms with Crippen molar-refractivity contribution in [1.29, 1.82) is 0 Å². The summed E-state index contributed by atoms with van der Waals surface area (Å²) in [6.45, 7) is 1.58. The largest absolute Gasteiger partial charge is 0.330 e. The van der Waals surface area contributed by atoms with Gasteiger partial charge in [0.25, 0.3) is 0 Å². The molecule has 0 aliphatic carbocycles. The lowest BCUT2D eigenvalue weighted by molar-refractivity contribution is -0.117. The summed E-state index contributed by atoms with van der Waals surface area (Å²) in [6, 6.07) is 0. The van der Waals surface area contributed by atoms with Gasteiger partial charge in [0.05, 0.1) is 6.16 Å². The van der Waals surface area contributed by atoms with Crippen molar-refractivity contribution in [2.75, 3.05) is 20.4 Å². The molecule has 0 aliphatic heterocycles. The van der Waals surface area contributed by atoms with E-state index >= 15 is 0 Å². The SMILES string of the molecule is COP(=O)(CCCCCC(C)=O)OC. The van der Waals surface area contributed by atoms with Crippen LogP contribution in [0.1, 0.15) is 32.6 Å². The molecule has 0 fully saturated rings. The first-order chi connectivity index (χ1) is 6.54. The minimum Gasteiger partial charge on any atom is -0.312 e. The Morgan fingerprint density at radius 3 is 2.14 bits per heavy atom. The molecule has 0 spiro atoms. The average molecular weight is 222 g/mol. The van der Waals surface area contributed by atoms with Gasteiger partial charge in [0.2, 0.25) is 0 Å². The van der Waals surface area contributed by atoms with Crippen LogP contribution in [0.2, 0.25) is 0 Å². The van der Waals surface area contributed by atoms with Gasteiger partial charge in [-0.05, 0) is 19.8 Å². The predicted octanol–water partition coefficient (Wildman–Crippen LogP) is 2.62. The quantitative estimate of drug-likeness (QED) is 0.468. The van der Waals surface area contributed by atoms with E-state index in [-0.39, 0.29) is 5.78 Å². The molecular weight excluding hydrogens is 203 g/mol. The first-order valence-electron chi connectivity index (χ1n) is 4.74. The van der Waals surface area contributed by atoms with Crippen molar-refractivity contribution in [3.63, 3.8) is 0 Å². The van der Waals surface area contributed by atoms with Gasteiger partial charge in [-0.2, -0.15) is 0 Å². The van der Waals surface area contributed by atoms with E-state index in [1.165, 1.54) is 14.2 Å². The van der Waals surface area contributed by atoms with Crippen LogP contribution in [0.15, 0.2) is 0 Å². The van der Waals surface area contributed by atoms with Gasteiger partial charge >= 0.3 is 7.60 Å². The van der Waals surface area contributed by atoms with E-state index in [1.54, 1.807) is 6.92 Å². The lowest BCUT2D eigenvalue weighted by Gasteiger charge is -2.12. The molecule has 0 amide bonds. The minimum absolute atomic E-state index is 0.201. The highest BCUT2D eigenvalue weighted by Crippen LogP contribution is 2.47. The highest BCUT2D eigenvalue weighted by molar-refractivity contribution is 7.53. The molecule has 0 aromatic heterocycles. The van der Waals surface area contributed by atoms with E-state index in [0.717, 1.165) is 19.3 Å². The predicted molar refractivity (Wildman–Crippen MR) is 55.6 cm³/mol. The Bertz CT molecular complexity index is 207. The molecule has 0 aromatic carbocycles. The Morgan fingerprint density at radius 2 is 1.71 bits per heavy atom. The van der Waals surface area contributed by atoms with Crippen LogP contribution in [0.25, 0.3) is 0 Å². The van der Waals surface area contributed by atoms with Gasteiger partial charge in [-0.1, -0.05) is 6.42 Å². The Hall–Kier alpha value is -0.180. The average Bonchev–Trinajstić information content (AvgIpc) is 2.16. The van der Waals surface area contributed by atoms with E-state index < -0.39 is 7.60 Å². The summed E-state index contributed by atoms with van der Waals surface area (Å²) in [5.41, 5.74) is 0. The van der Waals surface area contributed by atoms with E-state index in [4.69, 9.17) is 9.05 Å². The topological polar surface area (TPSA) is 52.6 Å². The first kappa shape index (κ1) is 13.8. The summed E-state index contributed by atoms with van der Waals surface area (Å²) >= 11 is 0. The van der Waals surface area contributed by atoms with Crippen LogP contribution in [0.5, 0.6) is 0 Å². The van der Waals surface area contributed by atoms with Gasteiger partial charge in [0.1, 0.15) is 5.78 Å². The summed E-state index contributed by atoms with van der Waals surface area (Å²) in [5, 5.41) is 0. The maximum atomic E-state index is 11.5. The van der Waals surface area contributed by atoms with Crippen LogP contribution >= 0.6 is 7.60 Å². The molecule has 84 valence electrons. The molecule has 0 aromatic rings. The van der Waals surface area contributed by atoms with Gasteiger partial charge in [0, 0.05) is 20.6 Å². The van der Waals surface area contributed by atoms with E-state index in [0.29, 0.717) is 12.6 Å². The first-order valence-corrected chi connectivity index (χ1v) is 6.47. The summed E-state index contributed by atoms with van der Waals surface area (Å²) in [6.07, 6.45) is 3.54. The van der Waals surface area contributed by atoms with Crippen LogP contribution < -0.4 is 0 Å². The van der Waals surface area contributed by atoms with E-state index in [2.05, 4.69) is 0 Å². The van der Waals surface area contributed by atoms with Gasteiger partial charge in [0.15, 0.2) is 0 Å². The van der Waals surface area contributed by atoms with Crippen molar-refractivity contribution in [3.05, 3.63) is 0 Å². The third kappa shape index (κ3) is 6.30. The second-order valence-corrected chi connectivity index (χ2v) is 5.61. The van der Waals surface area contributed by atoms with Gasteiger partial charge in [-0.15, -0.1) is 0 Å². The third-order valence-corrected chi connectivity index (χ3v) is 3.99. The summed E-state index contributed by atoms with van der Waals surface area (Å²) in [7, 11) is -0.0525. The number of carbonyl (C=O) groups excluding carboxylic acids is 1. The van der Waals surface area contributed by atoms with Crippen molar-refractivity contribution in [1.82, 2.24) is 0 Å². The highest BCUT2D eigenvalue weighted by Gasteiger charge is 2.19. The summed E-state index contributed by atoms with van der Waals surface area (Å²) in [5.74, 6) is 0.201. The van der Waals surface area contributed by atoms with Gasteiger partial charge < -0.3 is 13.8 Å². The number of Topliss-reactive ketones (excluding diaryl/α,β-unsaturated/α-hetero) is 1. The second-order valence-electron chi connectivity index (χ2n) is 3.21. The molecule has 0 rings (SSSR count). The summed E-state index contributed by atoms with van der Waals surface area (Å²) < 4.78 is 21.1. The Labute approximate surface area is 85.5 Å². The maximum absolute atomic E-state index is 11.5. The molecule has 14 heavy (non-hydrogen) atoms. The Morgan fingerprint density at radius 1 is 1.14 bits per heavy atom. The fourth-order valence-electron chi connectivity index (χ4n) is 1.11. The number of rotatable bonds is 8. The van der Waals surface area contributed by atoms with E-state index in [9.17, 15) is 9.36 Å². The van der Waals surface area contributed by atoms with Crippen molar-refractivity contribution in [2.45, 2.75) is 32.6 Å². The zero-order valence-electron chi connectivity index (χ0n) is 9.12. The van der Waals surface area contributed by atoms with Crippen LogP contribution in [-0.2, 0) is 18.4 Å². The van der Waals surface area contributed by atoms with Crippen molar-refractivity contribution >= 4 is 13.4 Å². The molecule has 4 nitrogen and oxygen atoms in total. The second kappa shape index (κ2) is 7.16. The van der Waals surface area contributed by atoms with Crippen LogP contribution in [0.3, 0.4) is 0 Å². The monoisotopic (exact) mass is 222 g/mol. The molecular formula is C9H19O4P. The van der Waals surface area contributed by atoms with Crippen molar-refractivity contribution in [2.24, 2.45) is 0 Å². The molecule has 0 saturated carbocycles. The van der Waals surface area contributed by atoms with Crippen LogP contribution in [-0.4, -0.2) is 26.2 Å². The maximum Gasteiger partial charge on any atom is 0.330 e. The Kier molecular flexibility index (Phi) is 7.06. The Balaban J connectivity index is 3.53. The molecule has 0 heterocycles. The normalized spacial score (nSPS) is 11.6. The zero-order valence-corrected chi connectivity index (χ0v) is 10.0. The fourth-order valence-corrected chi connectivity index (χ4v) is 2.24. The number of carbonyl (C=O) groups is 1. The number of ketones is 1.